The van der Waals surface area contributed by atoms with E-state index in [0.29, 0.717) is 0 Å². The zero-order valence-electron chi connectivity index (χ0n) is 11.5. The first-order chi connectivity index (χ1) is 9.85. The van der Waals surface area contributed by atoms with Crippen LogP contribution in [0.25, 0.3) is 16.7 Å². The van der Waals surface area contributed by atoms with Gasteiger partial charge in [-0.15, -0.1) is 0 Å². The Labute approximate surface area is 121 Å². The Hall–Kier alpha value is -2.60. The molecule has 0 N–H and O–H groups in total. The zero-order chi connectivity index (χ0) is 14.2. The van der Waals surface area contributed by atoms with E-state index in [1.807, 2.05) is 24.3 Å². The van der Waals surface area contributed by atoms with E-state index >= 15 is 0 Å². The van der Waals surface area contributed by atoms with Gasteiger partial charge in [0, 0.05) is 0 Å². The normalized spacial score (nSPS) is 11.5. The number of rotatable bonds is 5. The number of hydrogen-bond acceptors (Lipinski definition) is 0. The molecule has 0 unspecified atom stereocenters. The van der Waals surface area contributed by atoms with E-state index in [4.69, 9.17) is 0 Å². The fourth-order valence-electron chi connectivity index (χ4n) is 2.03. The molecule has 2 aromatic rings. The van der Waals surface area contributed by atoms with Crippen molar-refractivity contribution in [2.75, 3.05) is 0 Å². The summed E-state index contributed by atoms with van der Waals surface area (Å²) in [6, 6.07) is 18.9. The molecule has 0 fully saturated rings. The standard InChI is InChI=1S/C20H18/c1-3-5-10-17(9-4-2)19-13-15-20(16-14-19)18-11-7-6-8-12-18/h3-16H,1-2H2/b10-5-,17-9+. The molecule has 2 aromatic carbocycles. The quantitative estimate of drug-likeness (QED) is 0.606. The molecule has 0 spiro atoms. The Balaban J connectivity index is 2.31. The summed E-state index contributed by atoms with van der Waals surface area (Å²) in [6.07, 6.45) is 9.54. The molecule has 0 amide bonds. The summed E-state index contributed by atoms with van der Waals surface area (Å²) in [6.45, 7) is 7.46. The summed E-state index contributed by atoms with van der Waals surface area (Å²) >= 11 is 0. The second-order valence-corrected chi connectivity index (χ2v) is 4.40. The Morgan fingerprint density at radius 3 is 2.00 bits per heavy atom. The summed E-state index contributed by atoms with van der Waals surface area (Å²) in [5.41, 5.74) is 4.75. The third kappa shape index (κ3) is 3.46. The summed E-state index contributed by atoms with van der Waals surface area (Å²) < 4.78 is 0. The first-order valence-electron chi connectivity index (χ1n) is 6.63. The molecule has 2 rings (SSSR count). The fourth-order valence-corrected chi connectivity index (χ4v) is 2.03. The summed E-state index contributed by atoms with van der Waals surface area (Å²) in [5.74, 6) is 0. The first kappa shape index (κ1) is 13.8. The van der Waals surface area contributed by atoms with Crippen molar-refractivity contribution in [1.82, 2.24) is 0 Å². The number of benzene rings is 2. The van der Waals surface area contributed by atoms with E-state index in [9.17, 15) is 0 Å². The van der Waals surface area contributed by atoms with Crippen molar-refractivity contribution in [3.05, 3.63) is 104 Å². The monoisotopic (exact) mass is 258 g/mol. The van der Waals surface area contributed by atoms with Gasteiger partial charge in [0.15, 0.2) is 0 Å². The molecular weight excluding hydrogens is 240 g/mol. The maximum atomic E-state index is 3.76. The van der Waals surface area contributed by atoms with Crippen LogP contribution in [0.1, 0.15) is 5.56 Å². The van der Waals surface area contributed by atoms with Crippen LogP contribution in [0.3, 0.4) is 0 Å². The van der Waals surface area contributed by atoms with Crippen molar-refractivity contribution in [2.24, 2.45) is 0 Å². The van der Waals surface area contributed by atoms with Crippen LogP contribution in [0.15, 0.2) is 98.1 Å². The van der Waals surface area contributed by atoms with Crippen molar-refractivity contribution in [2.45, 2.75) is 0 Å². The van der Waals surface area contributed by atoms with Gasteiger partial charge >= 0.3 is 0 Å². The maximum absolute atomic E-state index is 3.76. The summed E-state index contributed by atoms with van der Waals surface area (Å²) in [5, 5.41) is 0. The van der Waals surface area contributed by atoms with Gasteiger partial charge in [0.25, 0.3) is 0 Å². The van der Waals surface area contributed by atoms with Gasteiger partial charge in [-0.25, -0.2) is 0 Å². The van der Waals surface area contributed by atoms with Crippen molar-refractivity contribution in [3.63, 3.8) is 0 Å². The minimum Gasteiger partial charge on any atom is -0.0991 e. The maximum Gasteiger partial charge on any atom is -0.0184 e. The molecular formula is C20H18. The molecule has 0 aromatic heterocycles. The van der Waals surface area contributed by atoms with E-state index < -0.39 is 0 Å². The molecule has 0 saturated heterocycles. The number of hydrogen-bond donors (Lipinski definition) is 0. The predicted octanol–water partition coefficient (Wildman–Crippen LogP) is 5.67. The van der Waals surface area contributed by atoms with Crippen LogP contribution < -0.4 is 0 Å². The van der Waals surface area contributed by atoms with Crippen molar-refractivity contribution >= 4 is 5.57 Å². The van der Waals surface area contributed by atoms with Crippen LogP contribution in [-0.2, 0) is 0 Å². The smallest absolute Gasteiger partial charge is 0.0184 e. The molecule has 0 heterocycles. The predicted molar refractivity (Wildman–Crippen MR) is 89.4 cm³/mol. The molecule has 20 heavy (non-hydrogen) atoms. The number of allylic oxidation sites excluding steroid dienone is 6. The zero-order valence-corrected chi connectivity index (χ0v) is 11.5. The lowest BCUT2D eigenvalue weighted by molar-refractivity contribution is 1.58. The molecule has 0 atom stereocenters. The second kappa shape index (κ2) is 7.10. The third-order valence-corrected chi connectivity index (χ3v) is 3.03. The largest absolute Gasteiger partial charge is 0.0991 e. The van der Waals surface area contributed by atoms with Gasteiger partial charge in [-0.3, -0.25) is 0 Å². The van der Waals surface area contributed by atoms with E-state index in [0.717, 1.165) is 5.57 Å². The highest BCUT2D eigenvalue weighted by Gasteiger charge is 1.99. The molecule has 0 nitrogen and oxygen atoms in total. The molecule has 0 aliphatic heterocycles. The van der Waals surface area contributed by atoms with E-state index in [-0.39, 0.29) is 0 Å². The van der Waals surface area contributed by atoms with Crippen molar-refractivity contribution in [3.8, 4) is 11.1 Å². The summed E-state index contributed by atoms with van der Waals surface area (Å²) in [4.78, 5) is 0. The van der Waals surface area contributed by atoms with Crippen LogP contribution in [0.5, 0.6) is 0 Å². The molecule has 0 saturated carbocycles. The Morgan fingerprint density at radius 2 is 1.40 bits per heavy atom. The average molecular weight is 258 g/mol. The third-order valence-electron chi connectivity index (χ3n) is 3.03. The molecule has 0 heteroatoms. The lowest BCUT2D eigenvalue weighted by Gasteiger charge is -2.05. The molecule has 0 aliphatic carbocycles. The first-order valence-corrected chi connectivity index (χ1v) is 6.63. The molecule has 0 bridgehead atoms. The highest BCUT2D eigenvalue weighted by atomic mass is 14.0. The topological polar surface area (TPSA) is 0 Å². The van der Waals surface area contributed by atoms with E-state index in [1.54, 1.807) is 12.2 Å². The van der Waals surface area contributed by atoms with E-state index in [2.05, 4.69) is 61.7 Å². The van der Waals surface area contributed by atoms with Crippen LogP contribution >= 0.6 is 0 Å². The van der Waals surface area contributed by atoms with Gasteiger partial charge in [0.2, 0.25) is 0 Å². The minimum absolute atomic E-state index is 1.12. The highest BCUT2D eigenvalue weighted by Crippen LogP contribution is 2.23. The van der Waals surface area contributed by atoms with Gasteiger partial charge in [-0.1, -0.05) is 98.1 Å². The summed E-state index contributed by atoms with van der Waals surface area (Å²) in [7, 11) is 0. The van der Waals surface area contributed by atoms with Crippen LogP contribution in [0, 0.1) is 0 Å². The second-order valence-electron chi connectivity index (χ2n) is 4.40. The Morgan fingerprint density at radius 1 is 0.750 bits per heavy atom. The van der Waals surface area contributed by atoms with Gasteiger partial charge in [0.1, 0.15) is 0 Å². The van der Waals surface area contributed by atoms with Gasteiger partial charge in [0.05, 0.1) is 0 Å². The Kier molecular flexibility index (Phi) is 4.91. The van der Waals surface area contributed by atoms with E-state index in [1.165, 1.54) is 16.7 Å². The van der Waals surface area contributed by atoms with Crippen molar-refractivity contribution in [1.29, 1.82) is 0 Å². The minimum atomic E-state index is 1.12. The fraction of sp³-hybridized carbons (Fsp3) is 0. The van der Waals surface area contributed by atoms with Crippen LogP contribution in [-0.4, -0.2) is 0 Å². The van der Waals surface area contributed by atoms with Gasteiger partial charge in [-0.2, -0.15) is 0 Å². The van der Waals surface area contributed by atoms with Crippen molar-refractivity contribution < 1.29 is 0 Å². The lowest BCUT2D eigenvalue weighted by Crippen LogP contribution is -1.82. The SMILES string of the molecule is C=C/C=C\C(=C/C=C)c1ccc(-c2ccccc2)cc1. The average Bonchev–Trinajstić information content (AvgIpc) is 2.52. The molecule has 98 valence electrons. The lowest BCUT2D eigenvalue weighted by atomic mass is 10.00. The van der Waals surface area contributed by atoms with Gasteiger partial charge < -0.3 is 0 Å². The molecule has 0 radical (unpaired) electrons. The van der Waals surface area contributed by atoms with Crippen LogP contribution in [0.2, 0.25) is 0 Å². The highest BCUT2D eigenvalue weighted by molar-refractivity contribution is 5.77. The van der Waals surface area contributed by atoms with Crippen LogP contribution in [0.4, 0.5) is 0 Å². The molecule has 0 aliphatic rings. The van der Waals surface area contributed by atoms with Gasteiger partial charge in [-0.05, 0) is 22.3 Å². The Bertz CT molecular complexity index is 625.